The summed E-state index contributed by atoms with van der Waals surface area (Å²) < 4.78 is 38.6. The lowest BCUT2D eigenvalue weighted by Gasteiger charge is -2.41. The molecule has 224 valence electrons. The molecule has 9 nitrogen and oxygen atoms in total. The van der Waals surface area contributed by atoms with Gasteiger partial charge in [-0.15, -0.1) is 0 Å². The second kappa shape index (κ2) is 11.6. The molecule has 10 heteroatoms. The summed E-state index contributed by atoms with van der Waals surface area (Å²) >= 11 is 0. The molecule has 1 heterocycles. The van der Waals surface area contributed by atoms with E-state index in [0.717, 1.165) is 31.2 Å². The van der Waals surface area contributed by atoms with Crippen LogP contribution >= 0.6 is 0 Å². The van der Waals surface area contributed by atoms with Gasteiger partial charge in [0.25, 0.3) is 10.0 Å². The van der Waals surface area contributed by atoms with Crippen molar-refractivity contribution in [2.75, 3.05) is 24.3 Å². The van der Waals surface area contributed by atoms with Gasteiger partial charge in [-0.1, -0.05) is 32.9 Å². The lowest BCUT2D eigenvalue weighted by molar-refractivity contribution is -0.121. The molecule has 0 spiro atoms. The van der Waals surface area contributed by atoms with Gasteiger partial charge in [-0.3, -0.25) is 9.52 Å². The summed E-state index contributed by atoms with van der Waals surface area (Å²) in [6, 6.07) is 11.9. The van der Waals surface area contributed by atoms with Crippen LogP contribution in [-0.2, 0) is 33.1 Å². The molecule has 2 aromatic carbocycles. The molecule has 2 aliphatic rings. The van der Waals surface area contributed by atoms with Crippen molar-refractivity contribution >= 4 is 27.4 Å². The number of nitrogens with one attached hydrogen (secondary N) is 2. The van der Waals surface area contributed by atoms with Gasteiger partial charge in [-0.05, 0) is 103 Å². The number of amides is 1. The summed E-state index contributed by atoms with van der Waals surface area (Å²) in [5.41, 5.74) is 5.24. The Kier molecular flexibility index (Phi) is 8.20. The van der Waals surface area contributed by atoms with Gasteiger partial charge >= 0.3 is 6.01 Å². The first-order chi connectivity index (χ1) is 19.9. The Morgan fingerprint density at radius 2 is 1.79 bits per heavy atom. The molecule has 3 unspecified atom stereocenters. The van der Waals surface area contributed by atoms with Gasteiger partial charge in [0.2, 0.25) is 11.8 Å². The minimum Gasteiger partial charge on any atom is -0.481 e. The fourth-order valence-corrected chi connectivity index (χ4v) is 7.37. The van der Waals surface area contributed by atoms with Crippen molar-refractivity contribution in [3.63, 3.8) is 0 Å². The number of fused-ring (bicyclic) bond motifs is 3. The summed E-state index contributed by atoms with van der Waals surface area (Å²) in [6.07, 6.45) is 5.07. The van der Waals surface area contributed by atoms with E-state index in [9.17, 15) is 13.2 Å². The molecule has 0 fully saturated rings. The van der Waals surface area contributed by atoms with Crippen LogP contribution in [0.1, 0.15) is 75.1 Å². The molecule has 0 saturated heterocycles. The van der Waals surface area contributed by atoms with Crippen LogP contribution in [0.25, 0.3) is 0 Å². The fraction of sp³-hybridized carbons (Fsp3) is 0.469. The van der Waals surface area contributed by atoms with Crippen LogP contribution in [0.15, 0.2) is 47.4 Å². The van der Waals surface area contributed by atoms with Crippen LogP contribution in [0.4, 0.5) is 11.5 Å². The molecular weight excluding hydrogens is 552 g/mol. The third kappa shape index (κ3) is 5.69. The number of methoxy groups -OCH3 is 2. The minimum absolute atomic E-state index is 0.0103. The van der Waals surface area contributed by atoms with E-state index in [0.29, 0.717) is 23.4 Å². The van der Waals surface area contributed by atoms with E-state index < -0.39 is 15.4 Å². The van der Waals surface area contributed by atoms with Crippen LogP contribution < -0.4 is 19.5 Å². The van der Waals surface area contributed by atoms with Gasteiger partial charge in [0.05, 0.1) is 24.5 Å². The number of ether oxygens (including phenoxy) is 2. The molecule has 0 saturated carbocycles. The number of aromatic nitrogens is 2. The Morgan fingerprint density at radius 1 is 1.05 bits per heavy atom. The lowest BCUT2D eigenvalue weighted by atomic mass is 9.64. The predicted molar refractivity (Wildman–Crippen MR) is 163 cm³/mol. The van der Waals surface area contributed by atoms with E-state index in [2.05, 4.69) is 52.9 Å². The number of carbonyl (C=O) groups is 1. The van der Waals surface area contributed by atoms with Crippen LogP contribution in [0.5, 0.6) is 11.9 Å². The van der Waals surface area contributed by atoms with Crippen molar-refractivity contribution in [1.82, 2.24) is 9.97 Å². The molecule has 3 atom stereocenters. The van der Waals surface area contributed by atoms with Crippen LogP contribution in [0, 0.1) is 11.8 Å². The minimum atomic E-state index is -3.97. The number of anilines is 2. The molecule has 1 amide bonds. The number of hydrogen-bond acceptors (Lipinski definition) is 7. The van der Waals surface area contributed by atoms with E-state index in [1.165, 1.54) is 55.5 Å². The SMILES string of the molecule is COc1cc(NS(=O)(=O)c2ccc(NC(=O)C3(C)CCC(C)c4c3ccc3c4CCC(C(C)C)C3)cc2)nc(OC)n1. The first kappa shape index (κ1) is 29.8. The average molecular weight is 593 g/mol. The summed E-state index contributed by atoms with van der Waals surface area (Å²) in [7, 11) is -1.18. The topological polar surface area (TPSA) is 120 Å². The zero-order chi connectivity index (χ0) is 30.2. The van der Waals surface area contributed by atoms with E-state index in [1.54, 1.807) is 12.1 Å². The van der Waals surface area contributed by atoms with Crippen molar-refractivity contribution in [3.8, 4) is 11.9 Å². The molecule has 0 aliphatic heterocycles. The molecule has 0 radical (unpaired) electrons. The first-order valence-electron chi connectivity index (χ1n) is 14.5. The standard InChI is InChI=1S/C32H40N4O5S/c1-19(2)21-7-13-25-22(17-21)8-14-26-29(25)20(3)15-16-32(26,4)30(37)33-23-9-11-24(12-10-23)42(38,39)36-27-18-28(40-5)35-31(34-27)41-6/h8-12,14,18-21H,7,13,15-17H2,1-6H3,(H,33,37)(H,34,35,36). The van der Waals surface area contributed by atoms with E-state index in [1.807, 2.05) is 6.92 Å². The summed E-state index contributed by atoms with van der Waals surface area (Å²) in [6.45, 7) is 8.94. The zero-order valence-corrected chi connectivity index (χ0v) is 26.0. The Labute approximate surface area is 248 Å². The highest BCUT2D eigenvalue weighted by atomic mass is 32.2. The summed E-state index contributed by atoms with van der Waals surface area (Å²) in [5, 5.41) is 3.06. The molecule has 3 aromatic rings. The highest BCUT2D eigenvalue weighted by molar-refractivity contribution is 7.92. The zero-order valence-electron chi connectivity index (χ0n) is 25.2. The van der Waals surface area contributed by atoms with Gasteiger partial charge in [0.15, 0.2) is 5.82 Å². The number of nitrogens with zero attached hydrogens (tertiary/aromatic N) is 2. The number of carbonyl (C=O) groups excluding carboxylic acids is 1. The molecule has 2 aliphatic carbocycles. The van der Waals surface area contributed by atoms with Crippen molar-refractivity contribution < 1.29 is 22.7 Å². The monoisotopic (exact) mass is 592 g/mol. The van der Waals surface area contributed by atoms with Crippen LogP contribution in [-0.4, -0.2) is 38.5 Å². The number of hydrogen-bond donors (Lipinski definition) is 2. The molecule has 0 bridgehead atoms. The third-order valence-corrected chi connectivity index (χ3v) is 10.4. The Hall–Kier alpha value is -3.66. The molecule has 1 aromatic heterocycles. The van der Waals surface area contributed by atoms with Gasteiger partial charge < -0.3 is 14.8 Å². The Balaban J connectivity index is 1.35. The van der Waals surface area contributed by atoms with Crippen molar-refractivity contribution in [1.29, 1.82) is 0 Å². The maximum Gasteiger partial charge on any atom is 0.321 e. The highest BCUT2D eigenvalue weighted by Crippen LogP contribution is 2.47. The van der Waals surface area contributed by atoms with Gasteiger partial charge in [0.1, 0.15) is 0 Å². The number of sulfonamides is 1. The van der Waals surface area contributed by atoms with Crippen molar-refractivity contribution in [2.45, 2.75) is 76.0 Å². The van der Waals surface area contributed by atoms with Crippen molar-refractivity contribution in [3.05, 3.63) is 64.7 Å². The quantitative estimate of drug-likeness (QED) is 0.337. The number of benzene rings is 2. The van der Waals surface area contributed by atoms with Crippen LogP contribution in [0.2, 0.25) is 0 Å². The summed E-state index contributed by atoms with van der Waals surface area (Å²) in [5.74, 6) is 1.87. The third-order valence-electron chi connectivity index (χ3n) is 9.05. The van der Waals surface area contributed by atoms with Crippen LogP contribution in [0.3, 0.4) is 0 Å². The fourth-order valence-electron chi connectivity index (χ4n) is 6.38. The van der Waals surface area contributed by atoms with E-state index in [4.69, 9.17) is 9.47 Å². The number of rotatable bonds is 8. The van der Waals surface area contributed by atoms with Gasteiger partial charge in [-0.2, -0.15) is 9.97 Å². The second-order valence-electron chi connectivity index (χ2n) is 12.0. The highest BCUT2D eigenvalue weighted by Gasteiger charge is 2.42. The van der Waals surface area contributed by atoms with Crippen molar-refractivity contribution in [2.24, 2.45) is 11.8 Å². The second-order valence-corrected chi connectivity index (χ2v) is 13.7. The Bertz CT molecular complexity index is 1570. The maximum absolute atomic E-state index is 13.8. The Morgan fingerprint density at radius 3 is 2.45 bits per heavy atom. The smallest absolute Gasteiger partial charge is 0.321 e. The normalized spacial score (nSPS) is 21.7. The van der Waals surface area contributed by atoms with E-state index >= 15 is 0 Å². The predicted octanol–water partition coefficient (Wildman–Crippen LogP) is 5.85. The van der Waals surface area contributed by atoms with E-state index in [-0.39, 0.29) is 28.5 Å². The largest absolute Gasteiger partial charge is 0.481 e. The molecular formula is C32H40N4O5S. The summed E-state index contributed by atoms with van der Waals surface area (Å²) in [4.78, 5) is 21.9. The maximum atomic E-state index is 13.8. The molecule has 2 N–H and O–H groups in total. The molecule has 5 rings (SSSR count). The molecule has 42 heavy (non-hydrogen) atoms. The average Bonchev–Trinajstić information content (AvgIpc) is 2.98. The van der Waals surface area contributed by atoms with Gasteiger partial charge in [-0.25, -0.2) is 8.42 Å². The first-order valence-corrected chi connectivity index (χ1v) is 16.0. The lowest BCUT2D eigenvalue weighted by Crippen LogP contribution is -2.41. The van der Waals surface area contributed by atoms with Gasteiger partial charge in [0, 0.05) is 11.8 Å².